The molecule has 3 N–H and O–H groups in total. The number of ether oxygens (including phenoxy) is 1. The minimum absolute atomic E-state index is 0.00144. The molecule has 2 unspecified atom stereocenters. The number of amides is 2. The van der Waals surface area contributed by atoms with E-state index in [1.165, 1.54) is 32.4 Å². The minimum atomic E-state index is -4.54. The first-order valence-electron chi connectivity index (χ1n) is 12.2. The molecule has 2 atom stereocenters. The Morgan fingerprint density at radius 2 is 1.82 bits per heavy atom. The number of hydrogen-bond acceptors (Lipinski definition) is 8. The van der Waals surface area contributed by atoms with Crippen molar-refractivity contribution in [3.63, 3.8) is 0 Å². The zero-order valence-corrected chi connectivity index (χ0v) is 23.0. The predicted molar refractivity (Wildman–Crippen MR) is 143 cm³/mol. The van der Waals surface area contributed by atoms with Crippen molar-refractivity contribution in [1.29, 1.82) is 0 Å². The molecule has 13 heteroatoms. The van der Waals surface area contributed by atoms with Gasteiger partial charge >= 0.3 is 0 Å². The van der Waals surface area contributed by atoms with E-state index in [0.717, 1.165) is 24.7 Å². The first kappa shape index (κ1) is 30.6. The Morgan fingerprint density at radius 3 is 2.48 bits per heavy atom. The number of sulfonamides is 1. The molecule has 3 rings (SSSR count). The first-order chi connectivity index (χ1) is 18.9. The maximum Gasteiger partial charge on any atom is 0.270 e. The highest BCUT2D eigenvalue weighted by Crippen LogP contribution is 2.22. The van der Waals surface area contributed by atoms with E-state index in [9.17, 15) is 32.7 Å². The third-order valence-electron chi connectivity index (χ3n) is 6.11. The highest BCUT2D eigenvalue weighted by Gasteiger charge is 2.34. The largest absolute Gasteiger partial charge is 0.497 e. The number of aromatic nitrogens is 1. The van der Waals surface area contributed by atoms with Gasteiger partial charge < -0.3 is 15.2 Å². The van der Waals surface area contributed by atoms with E-state index in [4.69, 9.17) is 4.74 Å². The van der Waals surface area contributed by atoms with E-state index in [-0.39, 0.29) is 22.7 Å². The number of hydrogen-bond donors (Lipinski definition) is 3. The molecule has 0 radical (unpaired) electrons. The second-order valence-corrected chi connectivity index (χ2v) is 10.9. The van der Waals surface area contributed by atoms with Crippen molar-refractivity contribution in [2.75, 3.05) is 27.2 Å². The van der Waals surface area contributed by atoms with Gasteiger partial charge in [0.2, 0.25) is 10.0 Å². The summed E-state index contributed by atoms with van der Waals surface area (Å²) in [6.45, 7) is -0.0620. The Balaban J connectivity index is 1.96. The molecular weight excluding hydrogens is 543 g/mol. The molecule has 0 bridgehead atoms. The second-order valence-electron chi connectivity index (χ2n) is 9.04. The summed E-state index contributed by atoms with van der Waals surface area (Å²) in [5.74, 6) is -2.07. The number of rotatable bonds is 12. The van der Waals surface area contributed by atoms with Crippen LogP contribution in [0.15, 0.2) is 71.8 Å². The zero-order chi connectivity index (χ0) is 29.4. The summed E-state index contributed by atoms with van der Waals surface area (Å²) < 4.78 is 46.9. The van der Waals surface area contributed by atoms with Crippen LogP contribution in [-0.4, -0.2) is 84.3 Å². The summed E-state index contributed by atoms with van der Waals surface area (Å²) in [6, 6.07) is 14.0. The van der Waals surface area contributed by atoms with Crippen LogP contribution in [0.4, 0.5) is 4.39 Å². The van der Waals surface area contributed by atoms with Gasteiger partial charge in [-0.15, -0.1) is 0 Å². The maximum atomic E-state index is 14.0. The summed E-state index contributed by atoms with van der Waals surface area (Å²) in [6.07, 6.45) is -0.0724. The van der Waals surface area contributed by atoms with E-state index in [0.29, 0.717) is 10.1 Å². The van der Waals surface area contributed by atoms with Crippen LogP contribution >= 0.6 is 0 Å². The molecule has 0 saturated heterocycles. The molecule has 1 heterocycles. The van der Waals surface area contributed by atoms with Crippen molar-refractivity contribution in [2.45, 2.75) is 30.4 Å². The smallest absolute Gasteiger partial charge is 0.270 e. The van der Waals surface area contributed by atoms with E-state index in [1.807, 2.05) is 0 Å². The number of benzene rings is 2. The molecule has 0 saturated carbocycles. The number of nitrogens with one attached hydrogen (secondary N) is 1. The lowest BCUT2D eigenvalue weighted by Gasteiger charge is -2.30. The first-order valence-corrected chi connectivity index (χ1v) is 13.6. The van der Waals surface area contributed by atoms with Crippen molar-refractivity contribution >= 4 is 21.8 Å². The molecule has 214 valence electrons. The van der Waals surface area contributed by atoms with Crippen molar-refractivity contribution in [2.24, 2.45) is 0 Å². The number of aryl methyl sites for hydroxylation is 1. The monoisotopic (exact) mass is 574 g/mol. The number of aliphatic hydroxyl groups excluding tert-OH is 1. The molecule has 0 aliphatic rings. The molecule has 0 fully saturated rings. The second kappa shape index (κ2) is 13.4. The van der Waals surface area contributed by atoms with Gasteiger partial charge in [0.15, 0.2) is 0 Å². The number of pyridine rings is 1. The minimum Gasteiger partial charge on any atom is -0.497 e. The zero-order valence-electron chi connectivity index (χ0n) is 22.2. The third kappa shape index (κ3) is 7.82. The van der Waals surface area contributed by atoms with Crippen molar-refractivity contribution in [1.82, 2.24) is 19.7 Å². The van der Waals surface area contributed by atoms with Crippen molar-refractivity contribution in [3.8, 4) is 5.75 Å². The lowest BCUT2D eigenvalue weighted by atomic mass is 10.0. The molecule has 3 aromatic rings. The highest BCUT2D eigenvalue weighted by atomic mass is 32.2. The highest BCUT2D eigenvalue weighted by molar-refractivity contribution is 7.89. The topological polar surface area (TPSA) is 149 Å². The Bertz CT molecular complexity index is 1440. The molecule has 11 nitrogen and oxygen atoms in total. The van der Waals surface area contributed by atoms with Crippen LogP contribution < -0.4 is 10.1 Å². The standard InChI is InChI=1S/C27H31FN4O7S/c1-18-9-10-20(28)14-25(18)40(37,38)32(17-26(34)31(2)36)16-24(33)22(13-19-7-5-4-6-8-19)30-27(35)23-15-21(39-3)11-12-29-23/h4-12,14-15,22,24,33,36H,13,16-17H2,1-3H3,(H,30,35). The van der Waals surface area contributed by atoms with Gasteiger partial charge in [-0.1, -0.05) is 36.4 Å². The Hall–Kier alpha value is -3.91. The van der Waals surface area contributed by atoms with Crippen LogP contribution in [0.2, 0.25) is 0 Å². The molecule has 40 heavy (non-hydrogen) atoms. The molecule has 0 aliphatic heterocycles. The van der Waals surface area contributed by atoms with Gasteiger partial charge in [0.25, 0.3) is 11.8 Å². The summed E-state index contributed by atoms with van der Waals surface area (Å²) in [4.78, 5) is 29.1. The molecule has 2 amide bonds. The molecule has 1 aromatic heterocycles. The van der Waals surface area contributed by atoms with Crippen molar-refractivity contribution < 1.29 is 37.4 Å². The Morgan fingerprint density at radius 1 is 1.12 bits per heavy atom. The van der Waals surface area contributed by atoms with Gasteiger partial charge in [-0.05, 0) is 42.7 Å². The SMILES string of the molecule is COc1ccnc(C(=O)NC(Cc2ccccc2)C(O)CN(CC(=O)N(C)O)S(=O)(=O)c2cc(F)ccc2C)c1. The van der Waals surface area contributed by atoms with E-state index in [2.05, 4.69) is 10.3 Å². The summed E-state index contributed by atoms with van der Waals surface area (Å²) in [7, 11) is -2.09. The van der Waals surface area contributed by atoms with E-state index in [1.54, 1.807) is 36.4 Å². The molecule has 0 spiro atoms. The van der Waals surface area contributed by atoms with Crippen LogP contribution in [0.1, 0.15) is 21.6 Å². The number of likely N-dealkylation sites (N-methyl/N-ethyl adjacent to an activating group) is 1. The van der Waals surface area contributed by atoms with Crippen LogP contribution in [0, 0.1) is 12.7 Å². The van der Waals surface area contributed by atoms with Gasteiger partial charge in [0.1, 0.15) is 17.3 Å². The van der Waals surface area contributed by atoms with Crippen LogP contribution in [-0.2, 0) is 21.2 Å². The number of methoxy groups -OCH3 is 1. The molecular formula is C27H31FN4O7S. The fourth-order valence-corrected chi connectivity index (χ4v) is 5.53. The predicted octanol–water partition coefficient (Wildman–Crippen LogP) is 1.78. The van der Waals surface area contributed by atoms with E-state index >= 15 is 0 Å². The fourth-order valence-electron chi connectivity index (χ4n) is 3.88. The third-order valence-corrected chi connectivity index (χ3v) is 8.06. The number of carbonyl (C=O) groups is 2. The quantitative estimate of drug-likeness (QED) is 0.219. The number of carbonyl (C=O) groups excluding carboxylic acids is 2. The number of hydroxylamine groups is 2. The molecule has 0 aliphatic carbocycles. The summed E-state index contributed by atoms with van der Waals surface area (Å²) in [5.41, 5.74) is 0.942. The lowest BCUT2D eigenvalue weighted by molar-refractivity contribution is -0.159. The average molecular weight is 575 g/mol. The average Bonchev–Trinajstić information content (AvgIpc) is 2.93. The van der Waals surface area contributed by atoms with E-state index < -0.39 is 57.8 Å². The van der Waals surface area contributed by atoms with Gasteiger partial charge in [0, 0.05) is 25.9 Å². The number of nitrogens with zero attached hydrogens (tertiary/aromatic N) is 3. The van der Waals surface area contributed by atoms with Crippen LogP contribution in [0.3, 0.4) is 0 Å². The Labute approximate surface area is 231 Å². The maximum absolute atomic E-state index is 14.0. The lowest BCUT2D eigenvalue weighted by Crippen LogP contribution is -2.52. The number of aliphatic hydroxyl groups is 1. The number of halogens is 1. The molecule has 2 aromatic carbocycles. The van der Waals surface area contributed by atoms with Crippen LogP contribution in [0.25, 0.3) is 0 Å². The summed E-state index contributed by atoms with van der Waals surface area (Å²) in [5, 5.41) is 23.8. The summed E-state index contributed by atoms with van der Waals surface area (Å²) >= 11 is 0. The van der Waals surface area contributed by atoms with Gasteiger partial charge in [-0.25, -0.2) is 17.9 Å². The normalized spacial score (nSPS) is 13.0. The van der Waals surface area contributed by atoms with Gasteiger partial charge in [0.05, 0.1) is 30.7 Å². The van der Waals surface area contributed by atoms with Crippen LogP contribution in [0.5, 0.6) is 5.75 Å². The fraction of sp³-hybridized carbons (Fsp3) is 0.296. The van der Waals surface area contributed by atoms with Gasteiger partial charge in [-0.2, -0.15) is 4.31 Å². The van der Waals surface area contributed by atoms with Gasteiger partial charge in [-0.3, -0.25) is 19.8 Å². The Kier molecular flexibility index (Phi) is 10.3. The van der Waals surface area contributed by atoms with Crippen molar-refractivity contribution in [3.05, 3.63) is 89.5 Å².